The molecular formula is C14H18F3N3O6S. The Morgan fingerprint density at radius 3 is 2.26 bits per heavy atom. The zero-order valence-corrected chi connectivity index (χ0v) is 14.8. The second kappa shape index (κ2) is 8.06. The average molecular weight is 413 g/mol. The van der Waals surface area contributed by atoms with Crippen LogP contribution in [0.1, 0.15) is 5.56 Å². The number of piperazine rings is 1. The van der Waals surface area contributed by atoms with Crippen LogP contribution < -0.4 is 0 Å². The monoisotopic (exact) mass is 413 g/mol. The largest absolute Gasteiger partial charge is 0.416 e. The number of nitro benzene ring substituents is 1. The molecule has 152 valence electrons. The molecule has 1 fully saturated rings. The Kier molecular flexibility index (Phi) is 6.42. The summed E-state index contributed by atoms with van der Waals surface area (Å²) in [5, 5.41) is 29.1. The molecule has 1 saturated heterocycles. The van der Waals surface area contributed by atoms with Gasteiger partial charge in [-0.1, -0.05) is 0 Å². The Morgan fingerprint density at radius 2 is 1.78 bits per heavy atom. The second-order valence-electron chi connectivity index (χ2n) is 6.01. The molecule has 1 atom stereocenters. The minimum Gasteiger partial charge on any atom is -0.394 e. The first-order chi connectivity index (χ1) is 12.4. The summed E-state index contributed by atoms with van der Waals surface area (Å²) in [6.07, 6.45) is -5.92. The highest BCUT2D eigenvalue weighted by atomic mass is 32.2. The van der Waals surface area contributed by atoms with Crippen molar-refractivity contribution in [1.29, 1.82) is 0 Å². The Balaban J connectivity index is 2.27. The van der Waals surface area contributed by atoms with Crippen LogP contribution in [0.5, 0.6) is 0 Å². The quantitative estimate of drug-likeness (QED) is 0.507. The molecule has 0 aliphatic carbocycles. The summed E-state index contributed by atoms with van der Waals surface area (Å²) >= 11 is 0. The topological polar surface area (TPSA) is 124 Å². The van der Waals surface area contributed by atoms with E-state index in [1.807, 2.05) is 0 Å². The molecule has 1 aliphatic heterocycles. The van der Waals surface area contributed by atoms with Crippen molar-refractivity contribution in [3.63, 3.8) is 0 Å². The minimum atomic E-state index is -4.94. The number of rotatable bonds is 6. The van der Waals surface area contributed by atoms with Gasteiger partial charge in [0.25, 0.3) is 5.69 Å². The van der Waals surface area contributed by atoms with E-state index >= 15 is 0 Å². The standard InChI is InChI=1S/C14H18F3N3O6S/c15-14(16,17)10-5-11(20(23)24)7-13(6-10)27(25,26)19-3-1-18(2-4-19)8-12(22)9-21/h5-7,12,21-22H,1-4,8-9H2. The predicted molar refractivity (Wildman–Crippen MR) is 86.4 cm³/mol. The van der Waals surface area contributed by atoms with E-state index in [1.54, 1.807) is 4.90 Å². The zero-order chi connectivity index (χ0) is 20.4. The van der Waals surface area contributed by atoms with Gasteiger partial charge < -0.3 is 10.2 Å². The summed E-state index contributed by atoms with van der Waals surface area (Å²) in [6.45, 7) is -0.0738. The SMILES string of the molecule is O=[N+]([O-])c1cc(C(F)(F)F)cc(S(=O)(=O)N2CCN(CC(O)CO)CC2)c1. The van der Waals surface area contributed by atoms with E-state index in [0.717, 1.165) is 4.31 Å². The van der Waals surface area contributed by atoms with Crippen LogP contribution in [0.3, 0.4) is 0 Å². The van der Waals surface area contributed by atoms with Gasteiger partial charge in [0, 0.05) is 44.9 Å². The summed E-state index contributed by atoms with van der Waals surface area (Å²) in [6, 6.07) is 1.27. The number of aliphatic hydroxyl groups is 2. The molecule has 2 rings (SSSR count). The number of alkyl halides is 3. The summed E-state index contributed by atoms with van der Waals surface area (Å²) < 4.78 is 65.1. The van der Waals surface area contributed by atoms with Crippen molar-refractivity contribution in [1.82, 2.24) is 9.21 Å². The van der Waals surface area contributed by atoms with Crippen molar-refractivity contribution in [3.05, 3.63) is 33.9 Å². The second-order valence-corrected chi connectivity index (χ2v) is 7.95. The predicted octanol–water partition coefficient (Wildman–Crippen LogP) is 0.273. The highest BCUT2D eigenvalue weighted by molar-refractivity contribution is 7.89. The zero-order valence-electron chi connectivity index (χ0n) is 14.0. The van der Waals surface area contributed by atoms with Gasteiger partial charge in [0.1, 0.15) is 0 Å². The van der Waals surface area contributed by atoms with Gasteiger partial charge in [-0.3, -0.25) is 15.0 Å². The van der Waals surface area contributed by atoms with E-state index in [9.17, 15) is 36.8 Å². The fourth-order valence-corrected chi connectivity index (χ4v) is 4.15. The lowest BCUT2D eigenvalue weighted by molar-refractivity contribution is -0.385. The molecular weight excluding hydrogens is 395 g/mol. The number of halogens is 3. The molecule has 13 heteroatoms. The number of β-amino-alcohol motifs (C(OH)–C–C–N with tert-alkyl or cyclic N) is 1. The lowest BCUT2D eigenvalue weighted by Crippen LogP contribution is -2.50. The number of aliphatic hydroxyl groups excluding tert-OH is 2. The van der Waals surface area contributed by atoms with Crippen LogP contribution in [0.2, 0.25) is 0 Å². The van der Waals surface area contributed by atoms with E-state index in [2.05, 4.69) is 0 Å². The third-order valence-electron chi connectivity index (χ3n) is 4.08. The van der Waals surface area contributed by atoms with Gasteiger partial charge in [0.2, 0.25) is 10.0 Å². The molecule has 9 nitrogen and oxygen atoms in total. The highest BCUT2D eigenvalue weighted by Gasteiger charge is 2.36. The van der Waals surface area contributed by atoms with Crippen molar-refractivity contribution >= 4 is 15.7 Å². The van der Waals surface area contributed by atoms with Crippen molar-refractivity contribution < 1.29 is 36.7 Å². The van der Waals surface area contributed by atoms with E-state index < -0.39 is 50.0 Å². The molecule has 1 heterocycles. The van der Waals surface area contributed by atoms with Crippen molar-refractivity contribution in [2.24, 2.45) is 0 Å². The number of nitrogens with zero attached hydrogens (tertiary/aromatic N) is 3. The van der Waals surface area contributed by atoms with Crippen LogP contribution in [-0.4, -0.2) is 78.2 Å². The van der Waals surface area contributed by atoms with Gasteiger partial charge >= 0.3 is 6.18 Å². The van der Waals surface area contributed by atoms with Crippen molar-refractivity contribution in [3.8, 4) is 0 Å². The number of sulfonamides is 1. The fourth-order valence-electron chi connectivity index (χ4n) is 2.66. The Hall–Kier alpha value is -1.80. The maximum absolute atomic E-state index is 13.0. The van der Waals surface area contributed by atoms with Gasteiger partial charge in [-0.25, -0.2) is 8.42 Å². The molecule has 1 aromatic carbocycles. The molecule has 0 amide bonds. The van der Waals surface area contributed by atoms with Crippen LogP contribution in [-0.2, 0) is 16.2 Å². The van der Waals surface area contributed by atoms with Crippen molar-refractivity contribution in [2.75, 3.05) is 39.3 Å². The first-order valence-electron chi connectivity index (χ1n) is 7.83. The van der Waals surface area contributed by atoms with Gasteiger partial charge in [0.05, 0.1) is 28.1 Å². The number of non-ortho nitro benzene ring substituents is 1. The average Bonchev–Trinajstić information content (AvgIpc) is 2.60. The Labute approximate surface area is 152 Å². The Bertz CT molecular complexity index is 794. The molecule has 1 unspecified atom stereocenters. The fraction of sp³-hybridized carbons (Fsp3) is 0.571. The number of hydrogen-bond donors (Lipinski definition) is 2. The van der Waals surface area contributed by atoms with Gasteiger partial charge in [0.15, 0.2) is 0 Å². The lowest BCUT2D eigenvalue weighted by Gasteiger charge is -2.34. The van der Waals surface area contributed by atoms with Crippen LogP contribution >= 0.6 is 0 Å². The van der Waals surface area contributed by atoms with Gasteiger partial charge in [-0.2, -0.15) is 17.5 Å². The molecule has 0 bridgehead atoms. The van der Waals surface area contributed by atoms with Crippen LogP contribution in [0.15, 0.2) is 23.1 Å². The molecule has 2 N–H and O–H groups in total. The van der Waals surface area contributed by atoms with Gasteiger partial charge in [-0.15, -0.1) is 0 Å². The van der Waals surface area contributed by atoms with Gasteiger partial charge in [-0.05, 0) is 6.07 Å². The first kappa shape index (κ1) is 21.5. The number of nitro groups is 1. The highest BCUT2D eigenvalue weighted by Crippen LogP contribution is 2.34. The van der Waals surface area contributed by atoms with Crippen molar-refractivity contribution in [2.45, 2.75) is 17.2 Å². The molecule has 0 aromatic heterocycles. The third kappa shape index (κ3) is 5.13. The number of benzene rings is 1. The maximum atomic E-state index is 13.0. The lowest BCUT2D eigenvalue weighted by atomic mass is 10.2. The smallest absolute Gasteiger partial charge is 0.394 e. The van der Waals surface area contributed by atoms with E-state index in [4.69, 9.17) is 5.11 Å². The van der Waals surface area contributed by atoms with Crippen LogP contribution in [0.25, 0.3) is 0 Å². The first-order valence-corrected chi connectivity index (χ1v) is 9.27. The third-order valence-corrected chi connectivity index (χ3v) is 5.95. The molecule has 0 saturated carbocycles. The summed E-state index contributed by atoms with van der Waals surface area (Å²) in [5.41, 5.74) is -2.38. The van der Waals surface area contributed by atoms with Crippen LogP contribution in [0.4, 0.5) is 18.9 Å². The maximum Gasteiger partial charge on any atom is 0.416 e. The van der Waals surface area contributed by atoms with E-state index in [0.29, 0.717) is 12.1 Å². The van der Waals surface area contributed by atoms with E-state index in [-0.39, 0.29) is 38.8 Å². The van der Waals surface area contributed by atoms with E-state index in [1.165, 1.54) is 0 Å². The Morgan fingerprint density at radius 1 is 1.19 bits per heavy atom. The molecule has 27 heavy (non-hydrogen) atoms. The van der Waals surface area contributed by atoms with Crippen LogP contribution in [0, 0.1) is 10.1 Å². The summed E-state index contributed by atoms with van der Waals surface area (Å²) in [5.74, 6) is 0. The minimum absolute atomic E-state index is 0.0650. The summed E-state index contributed by atoms with van der Waals surface area (Å²) in [4.78, 5) is 10.7. The summed E-state index contributed by atoms with van der Waals surface area (Å²) in [7, 11) is -4.37. The number of hydrogen-bond acceptors (Lipinski definition) is 7. The molecule has 1 aromatic rings. The normalized spacial score (nSPS) is 18.4. The molecule has 1 aliphatic rings. The molecule has 0 spiro atoms. The molecule has 0 radical (unpaired) electrons.